The van der Waals surface area contributed by atoms with E-state index in [-0.39, 0.29) is 34.2 Å². The average molecular weight is 699 g/mol. The number of nitrogens with two attached hydrogens (primary N) is 1. The molecular weight excluding hydrogens is 660 g/mol. The number of amides is 1. The van der Waals surface area contributed by atoms with Crippen molar-refractivity contribution in [3.8, 4) is 5.75 Å². The number of ether oxygens (including phenoxy) is 1. The second kappa shape index (κ2) is 15.5. The van der Waals surface area contributed by atoms with Gasteiger partial charge in [0.2, 0.25) is 15.9 Å². The molecule has 260 valence electrons. The number of piperazine rings is 1. The molecule has 4 N–H and O–H groups in total. The topological polar surface area (TPSA) is 114 Å². The number of carbonyl (C=O) groups excluding carboxylic acids is 1. The van der Waals surface area contributed by atoms with Gasteiger partial charge in [0.05, 0.1) is 18.0 Å². The Morgan fingerprint density at radius 3 is 2.27 bits per heavy atom. The monoisotopic (exact) mass is 698 g/mol. The molecular formula is C36H38F4N4O4S. The molecule has 4 aromatic rings. The minimum atomic E-state index is -3.86. The van der Waals surface area contributed by atoms with Gasteiger partial charge >= 0.3 is 0 Å². The van der Waals surface area contributed by atoms with Crippen molar-refractivity contribution < 1.29 is 35.5 Å². The Morgan fingerprint density at radius 1 is 0.939 bits per heavy atom. The number of hydrogen-bond acceptors (Lipinski definition) is 6. The van der Waals surface area contributed by atoms with E-state index in [1.54, 1.807) is 12.1 Å². The highest BCUT2D eigenvalue weighted by molar-refractivity contribution is 7.89. The summed E-state index contributed by atoms with van der Waals surface area (Å²) in [4.78, 5) is 13.7. The number of halogens is 4. The molecule has 5 rings (SSSR count). The van der Waals surface area contributed by atoms with Crippen LogP contribution in [0.25, 0.3) is 0 Å². The van der Waals surface area contributed by atoms with Crippen molar-refractivity contribution in [1.29, 1.82) is 0 Å². The lowest BCUT2D eigenvalue weighted by Crippen LogP contribution is -2.58. The van der Waals surface area contributed by atoms with Gasteiger partial charge in [0.15, 0.2) is 0 Å². The summed E-state index contributed by atoms with van der Waals surface area (Å²) < 4.78 is 91.6. The van der Waals surface area contributed by atoms with Crippen LogP contribution in [0.15, 0.2) is 89.8 Å². The van der Waals surface area contributed by atoms with Crippen LogP contribution in [0.3, 0.4) is 0 Å². The predicted octanol–water partition coefficient (Wildman–Crippen LogP) is 5.72. The van der Waals surface area contributed by atoms with Crippen LogP contribution in [0.5, 0.6) is 5.75 Å². The van der Waals surface area contributed by atoms with Crippen LogP contribution in [0, 0.1) is 23.3 Å². The Kier molecular flexibility index (Phi) is 11.4. The highest BCUT2D eigenvalue weighted by atomic mass is 32.2. The molecule has 8 nitrogen and oxygen atoms in total. The van der Waals surface area contributed by atoms with Crippen LogP contribution in [0.2, 0.25) is 0 Å². The van der Waals surface area contributed by atoms with Crippen LogP contribution in [0.1, 0.15) is 42.4 Å². The number of hydrogen-bond donors (Lipinski definition) is 3. The summed E-state index contributed by atoms with van der Waals surface area (Å²) in [5.41, 5.74) is 7.17. The van der Waals surface area contributed by atoms with E-state index in [1.165, 1.54) is 53.9 Å². The molecule has 0 aliphatic carbocycles. The van der Waals surface area contributed by atoms with Crippen molar-refractivity contribution in [2.45, 2.75) is 55.1 Å². The third-order valence-corrected chi connectivity index (χ3v) is 10.8. The first-order valence-electron chi connectivity index (χ1n) is 15.8. The number of sulfonamides is 1. The van der Waals surface area contributed by atoms with E-state index in [0.29, 0.717) is 43.3 Å². The third kappa shape index (κ3) is 8.30. The molecule has 1 heterocycles. The van der Waals surface area contributed by atoms with Crippen molar-refractivity contribution in [2.75, 3.05) is 25.5 Å². The molecule has 1 aliphatic rings. The molecule has 4 atom stereocenters. The Bertz CT molecular complexity index is 1860. The SMILES string of the molecule is COc1ccc(S(=O)(=O)N2[C@@H](CCCc3c(F)cccc3NC(=O)[C@@H](N)[C@@H](c3ccc(F)cc3)c3cc(F)cc(F)c3)CNC[C@H]2C)cc1. The molecule has 0 spiro atoms. The van der Waals surface area contributed by atoms with Gasteiger partial charge in [0.25, 0.3) is 0 Å². The van der Waals surface area contributed by atoms with Crippen LogP contribution >= 0.6 is 0 Å². The fourth-order valence-electron chi connectivity index (χ4n) is 6.37. The van der Waals surface area contributed by atoms with Crippen molar-refractivity contribution in [3.05, 3.63) is 125 Å². The molecule has 1 amide bonds. The number of rotatable bonds is 12. The molecule has 1 saturated heterocycles. The van der Waals surface area contributed by atoms with E-state index < -0.39 is 57.2 Å². The van der Waals surface area contributed by atoms with Gasteiger partial charge in [-0.25, -0.2) is 26.0 Å². The highest BCUT2D eigenvalue weighted by Gasteiger charge is 2.38. The second-order valence-corrected chi connectivity index (χ2v) is 13.9. The number of anilines is 1. The van der Waals surface area contributed by atoms with Gasteiger partial charge in [-0.05, 0) is 98.0 Å². The zero-order valence-electron chi connectivity index (χ0n) is 27.0. The van der Waals surface area contributed by atoms with Crippen molar-refractivity contribution in [2.24, 2.45) is 5.73 Å². The molecule has 0 unspecified atom stereocenters. The van der Waals surface area contributed by atoms with Gasteiger partial charge in [-0.3, -0.25) is 4.79 Å². The van der Waals surface area contributed by atoms with E-state index in [4.69, 9.17) is 10.5 Å². The summed E-state index contributed by atoms with van der Waals surface area (Å²) in [5.74, 6) is -4.16. The molecule has 4 aromatic carbocycles. The average Bonchev–Trinajstić information content (AvgIpc) is 3.06. The highest BCUT2D eigenvalue weighted by Crippen LogP contribution is 2.31. The first-order valence-corrected chi connectivity index (χ1v) is 17.3. The Labute approximate surface area is 283 Å². The normalized spacial score (nSPS) is 18.1. The third-order valence-electron chi connectivity index (χ3n) is 8.72. The number of carbonyl (C=O) groups is 1. The maximum absolute atomic E-state index is 15.3. The van der Waals surface area contributed by atoms with E-state index in [9.17, 15) is 26.4 Å². The fraction of sp³-hybridized carbons (Fsp3) is 0.306. The van der Waals surface area contributed by atoms with Crippen LogP contribution in [-0.2, 0) is 21.2 Å². The van der Waals surface area contributed by atoms with Crippen molar-refractivity contribution in [3.63, 3.8) is 0 Å². The largest absolute Gasteiger partial charge is 0.497 e. The smallest absolute Gasteiger partial charge is 0.243 e. The Balaban J connectivity index is 1.33. The van der Waals surface area contributed by atoms with Gasteiger partial charge in [-0.2, -0.15) is 4.31 Å². The summed E-state index contributed by atoms with van der Waals surface area (Å²) in [7, 11) is -2.36. The number of nitrogens with one attached hydrogen (secondary N) is 2. The fourth-order valence-corrected chi connectivity index (χ4v) is 8.22. The first kappa shape index (κ1) is 36.0. The zero-order chi connectivity index (χ0) is 35.3. The summed E-state index contributed by atoms with van der Waals surface area (Å²) in [6.45, 7) is 2.70. The lowest BCUT2D eigenvalue weighted by molar-refractivity contribution is -0.117. The van der Waals surface area contributed by atoms with Gasteiger partial charge < -0.3 is 21.1 Å². The summed E-state index contributed by atoms with van der Waals surface area (Å²) in [6, 6.07) is 16.1. The molecule has 49 heavy (non-hydrogen) atoms. The standard InChI is InChI=1S/C36H38F4N4O4S/c1-22-20-42-21-28(44(22)49(46,47)30-15-13-29(48-2)14-16-30)5-3-6-31-32(40)7-4-8-33(31)43-36(45)35(41)34(23-9-11-25(37)12-10-23)24-17-26(38)19-27(39)18-24/h4,7-19,22,28,34-35,42H,3,5-6,20-21,41H2,1-2H3,(H,43,45)/t22-,28+,34+,35+/m1/s1. The summed E-state index contributed by atoms with van der Waals surface area (Å²) >= 11 is 0. The molecule has 13 heteroatoms. The maximum atomic E-state index is 15.3. The first-order chi connectivity index (χ1) is 23.4. The Morgan fingerprint density at radius 2 is 1.61 bits per heavy atom. The van der Waals surface area contributed by atoms with E-state index in [0.717, 1.165) is 24.3 Å². The van der Waals surface area contributed by atoms with Gasteiger partial charge in [-0.15, -0.1) is 0 Å². The number of nitrogens with zero attached hydrogens (tertiary/aromatic N) is 1. The van der Waals surface area contributed by atoms with Gasteiger partial charge in [-0.1, -0.05) is 18.2 Å². The van der Waals surface area contributed by atoms with E-state index >= 15 is 4.39 Å². The molecule has 0 saturated carbocycles. The molecule has 1 aliphatic heterocycles. The van der Waals surface area contributed by atoms with Gasteiger partial charge in [0, 0.05) is 48.4 Å². The van der Waals surface area contributed by atoms with Crippen LogP contribution < -0.4 is 21.1 Å². The van der Waals surface area contributed by atoms with Crippen molar-refractivity contribution >= 4 is 21.6 Å². The maximum Gasteiger partial charge on any atom is 0.243 e. The second-order valence-electron chi connectivity index (χ2n) is 12.1. The van der Waals surface area contributed by atoms with Crippen LogP contribution in [0.4, 0.5) is 23.2 Å². The molecule has 0 aromatic heterocycles. The molecule has 0 bridgehead atoms. The lowest BCUT2D eigenvalue weighted by Gasteiger charge is -2.40. The zero-order valence-corrected chi connectivity index (χ0v) is 27.8. The number of methoxy groups -OCH3 is 1. The van der Waals surface area contributed by atoms with E-state index in [1.807, 2.05) is 6.92 Å². The number of benzene rings is 4. The summed E-state index contributed by atoms with van der Waals surface area (Å²) in [5, 5.41) is 5.95. The molecule has 0 radical (unpaired) electrons. The predicted molar refractivity (Wildman–Crippen MR) is 179 cm³/mol. The quantitative estimate of drug-likeness (QED) is 0.163. The minimum Gasteiger partial charge on any atom is -0.497 e. The minimum absolute atomic E-state index is 0.0655. The lowest BCUT2D eigenvalue weighted by atomic mass is 9.84. The molecule has 1 fully saturated rings. The van der Waals surface area contributed by atoms with Gasteiger partial charge in [0.1, 0.15) is 29.0 Å². The summed E-state index contributed by atoms with van der Waals surface area (Å²) in [6.07, 6.45) is 0.936. The van der Waals surface area contributed by atoms with E-state index in [2.05, 4.69) is 10.6 Å². The van der Waals surface area contributed by atoms with Crippen LogP contribution in [-0.4, -0.2) is 57.0 Å². The Hall–Kier alpha value is -4.30. The van der Waals surface area contributed by atoms with Crippen molar-refractivity contribution in [1.82, 2.24) is 9.62 Å².